The summed E-state index contributed by atoms with van der Waals surface area (Å²) in [6, 6.07) is 11.2. The van der Waals surface area contributed by atoms with Crippen LogP contribution in [0, 0.1) is 5.92 Å². The first kappa shape index (κ1) is 29.9. The van der Waals surface area contributed by atoms with Gasteiger partial charge in [-0.1, -0.05) is 58.4 Å². The average molecular weight is 661 g/mol. The van der Waals surface area contributed by atoms with Crippen LogP contribution in [0.15, 0.2) is 52.3 Å². The number of nitrogens with zero attached hydrogens (tertiary/aromatic N) is 3. The number of carbonyl (C=O) groups is 4. The lowest BCUT2D eigenvalue weighted by Gasteiger charge is -2.31. The summed E-state index contributed by atoms with van der Waals surface area (Å²) >= 11 is 15.2. The van der Waals surface area contributed by atoms with Crippen molar-refractivity contribution in [1.29, 1.82) is 0 Å². The van der Waals surface area contributed by atoms with E-state index < -0.39 is 34.9 Å². The molecular formula is C30H27Cl2N3O6S2. The number of thioether (sulfide) groups is 1. The fraction of sp³-hybridized carbons (Fsp3) is 0.367. The molecule has 6 rings (SSSR count). The minimum Gasteiger partial charge on any atom is -0.462 e. The zero-order valence-electron chi connectivity index (χ0n) is 23.1. The molecule has 3 amide bonds. The monoisotopic (exact) mass is 659 g/mol. The molecule has 1 aromatic heterocycles. The van der Waals surface area contributed by atoms with E-state index in [0.717, 1.165) is 47.3 Å². The first-order chi connectivity index (χ1) is 20.7. The van der Waals surface area contributed by atoms with E-state index in [9.17, 15) is 24.0 Å². The maximum atomic E-state index is 14.1. The number of fused-ring (bicyclic) bond motifs is 2. The molecule has 0 saturated carbocycles. The number of imide groups is 1. The Kier molecular flexibility index (Phi) is 8.43. The highest BCUT2D eigenvalue weighted by Gasteiger charge is 2.57. The summed E-state index contributed by atoms with van der Waals surface area (Å²) in [4.78, 5) is 70.0. The van der Waals surface area contributed by atoms with Crippen LogP contribution in [-0.2, 0) is 25.7 Å². The second-order valence-electron chi connectivity index (χ2n) is 10.5. The summed E-state index contributed by atoms with van der Waals surface area (Å²) in [7, 11) is 0. The van der Waals surface area contributed by atoms with Gasteiger partial charge in [-0.3, -0.25) is 23.7 Å². The zero-order valence-corrected chi connectivity index (χ0v) is 26.2. The third kappa shape index (κ3) is 5.30. The van der Waals surface area contributed by atoms with E-state index in [1.807, 2.05) is 0 Å². The Bertz CT molecular complexity index is 1680. The van der Waals surface area contributed by atoms with Crippen LogP contribution in [0.1, 0.15) is 52.9 Å². The third-order valence-electron chi connectivity index (χ3n) is 8.00. The van der Waals surface area contributed by atoms with E-state index in [0.29, 0.717) is 39.8 Å². The number of halogens is 2. The number of likely N-dealkylation sites (tertiary alicyclic amines) is 1. The fourth-order valence-corrected chi connectivity index (χ4v) is 9.13. The highest BCUT2D eigenvalue weighted by molar-refractivity contribution is 8.00. The normalized spacial score (nSPS) is 21.5. The van der Waals surface area contributed by atoms with E-state index in [4.69, 9.17) is 27.9 Å². The molecule has 0 radical (unpaired) electrons. The lowest BCUT2D eigenvalue weighted by Crippen LogP contribution is -2.39. The number of hydrogen-bond acceptors (Lipinski definition) is 8. The summed E-state index contributed by atoms with van der Waals surface area (Å²) in [5.41, 5.74) is 1.14. The quantitative estimate of drug-likeness (QED) is 0.264. The number of hydrogen-bond donors (Lipinski definition) is 0. The van der Waals surface area contributed by atoms with Crippen LogP contribution in [0.4, 0.5) is 5.69 Å². The molecule has 0 aliphatic carbocycles. The second-order valence-corrected chi connectivity index (χ2v) is 13.4. The number of piperidine rings is 1. The molecule has 2 unspecified atom stereocenters. The molecular weight excluding hydrogens is 633 g/mol. The summed E-state index contributed by atoms with van der Waals surface area (Å²) in [5, 5.41) is 0.129. The number of esters is 1. The van der Waals surface area contributed by atoms with E-state index in [-0.39, 0.29) is 34.0 Å². The molecule has 3 aromatic rings. The Balaban J connectivity index is 1.41. The molecule has 9 nitrogen and oxygen atoms in total. The van der Waals surface area contributed by atoms with Gasteiger partial charge in [-0.2, -0.15) is 0 Å². The van der Waals surface area contributed by atoms with Crippen LogP contribution < -0.4 is 9.77 Å². The second kappa shape index (κ2) is 12.1. The van der Waals surface area contributed by atoms with Crippen molar-refractivity contribution >= 4 is 75.7 Å². The number of thiazole rings is 1. The highest BCUT2D eigenvalue weighted by Crippen LogP contribution is 2.55. The molecule has 2 saturated heterocycles. The van der Waals surface area contributed by atoms with Crippen LogP contribution in [-0.4, -0.2) is 58.1 Å². The van der Waals surface area contributed by atoms with Crippen molar-refractivity contribution < 1.29 is 23.9 Å². The number of aromatic nitrogens is 1. The lowest BCUT2D eigenvalue weighted by atomic mass is 9.83. The minimum absolute atomic E-state index is 0.147. The largest absolute Gasteiger partial charge is 0.462 e. The van der Waals surface area contributed by atoms with Crippen molar-refractivity contribution in [3.63, 3.8) is 0 Å². The van der Waals surface area contributed by atoms with E-state index >= 15 is 0 Å². The zero-order chi connectivity index (χ0) is 30.4. The predicted octanol–water partition coefficient (Wildman–Crippen LogP) is 5.20. The van der Waals surface area contributed by atoms with Crippen molar-refractivity contribution in [1.82, 2.24) is 9.47 Å². The Morgan fingerprint density at radius 2 is 1.70 bits per heavy atom. The molecule has 13 heteroatoms. The van der Waals surface area contributed by atoms with Gasteiger partial charge < -0.3 is 9.64 Å². The number of anilines is 1. The molecule has 3 aliphatic heterocycles. The molecule has 3 aliphatic rings. The molecule has 224 valence electrons. The van der Waals surface area contributed by atoms with Gasteiger partial charge in [-0.25, -0.2) is 9.69 Å². The summed E-state index contributed by atoms with van der Waals surface area (Å²) in [6.45, 7) is 3.07. The van der Waals surface area contributed by atoms with Gasteiger partial charge in [0.25, 0.3) is 0 Å². The van der Waals surface area contributed by atoms with Crippen LogP contribution in [0.3, 0.4) is 0 Å². The van der Waals surface area contributed by atoms with Crippen molar-refractivity contribution in [3.05, 3.63) is 78.2 Å². The third-order valence-corrected chi connectivity index (χ3v) is 11.4. The maximum Gasteiger partial charge on any atom is 0.338 e. The molecule has 2 fully saturated rings. The lowest BCUT2D eigenvalue weighted by molar-refractivity contribution is -0.133. The Morgan fingerprint density at radius 3 is 2.40 bits per heavy atom. The summed E-state index contributed by atoms with van der Waals surface area (Å²) in [6.07, 6.45) is 2.91. The average Bonchev–Trinajstić information content (AvgIpc) is 3.45. The first-order valence-corrected chi connectivity index (χ1v) is 16.4. The van der Waals surface area contributed by atoms with Crippen molar-refractivity contribution in [2.45, 2.75) is 48.9 Å². The van der Waals surface area contributed by atoms with Gasteiger partial charge in [0.1, 0.15) is 11.8 Å². The van der Waals surface area contributed by atoms with Gasteiger partial charge in [-0.15, -0.1) is 0 Å². The molecule has 3 atom stereocenters. The van der Waals surface area contributed by atoms with Crippen LogP contribution >= 0.6 is 46.3 Å². The first-order valence-electron chi connectivity index (χ1n) is 14.0. The van der Waals surface area contributed by atoms with Crippen LogP contribution in [0.5, 0.6) is 0 Å². The van der Waals surface area contributed by atoms with Gasteiger partial charge in [-0.05, 0) is 62.1 Å². The summed E-state index contributed by atoms with van der Waals surface area (Å²) < 4.78 is 6.47. The van der Waals surface area contributed by atoms with Gasteiger partial charge in [0.15, 0.2) is 0 Å². The van der Waals surface area contributed by atoms with Gasteiger partial charge in [0.2, 0.25) is 17.7 Å². The topological polar surface area (TPSA) is 106 Å². The highest BCUT2D eigenvalue weighted by atomic mass is 35.5. The molecule has 43 heavy (non-hydrogen) atoms. The van der Waals surface area contributed by atoms with E-state index in [2.05, 4.69) is 0 Å². The molecule has 0 bridgehead atoms. The van der Waals surface area contributed by atoms with Gasteiger partial charge >= 0.3 is 10.8 Å². The minimum atomic E-state index is -0.880. The molecule has 0 spiro atoms. The molecule has 2 aromatic carbocycles. The number of benzene rings is 2. The van der Waals surface area contributed by atoms with Crippen LogP contribution in [0.25, 0.3) is 0 Å². The number of ether oxygens (including phenoxy) is 1. The number of amides is 3. The number of rotatable bonds is 6. The SMILES string of the molecule is CCOC(=O)c1ccc(N2C(=O)C3Sc4c(sc(=O)n4CC(=O)N4CCCCC4)[C@H](c4cccc(Cl)c4Cl)C3C2=O)cc1. The van der Waals surface area contributed by atoms with E-state index in [1.54, 1.807) is 30.0 Å². The summed E-state index contributed by atoms with van der Waals surface area (Å²) in [5.74, 6) is -3.18. The standard InChI is InChI=1S/C30H27Cl2N3O6S2/c1-2-41-29(39)16-9-11-17(12-10-16)35-26(37)22-21(18-7-6-8-19(31)23(18)32)25-28(42-24(22)27(35)38)34(30(40)43-25)15-20(36)33-13-4-3-5-14-33/h6-12,21-22,24H,2-5,13-15H2,1H3/t21-,22?,24?/m1/s1. The van der Waals surface area contributed by atoms with E-state index in [1.165, 1.54) is 28.8 Å². The van der Waals surface area contributed by atoms with Crippen molar-refractivity contribution in [2.75, 3.05) is 24.6 Å². The van der Waals surface area contributed by atoms with Crippen molar-refractivity contribution in [2.24, 2.45) is 5.92 Å². The smallest absolute Gasteiger partial charge is 0.338 e. The number of carbonyl (C=O) groups excluding carboxylic acids is 4. The van der Waals surface area contributed by atoms with Gasteiger partial charge in [0.05, 0.1) is 38.8 Å². The van der Waals surface area contributed by atoms with Gasteiger partial charge in [0, 0.05) is 23.9 Å². The van der Waals surface area contributed by atoms with Crippen molar-refractivity contribution in [3.8, 4) is 0 Å². The Hall–Kier alpha value is -3.12. The maximum absolute atomic E-state index is 14.1. The van der Waals surface area contributed by atoms with Crippen LogP contribution in [0.2, 0.25) is 10.0 Å². The predicted molar refractivity (Wildman–Crippen MR) is 165 cm³/mol. The fourth-order valence-electron chi connectivity index (χ4n) is 5.95. The molecule has 4 heterocycles. The Morgan fingerprint density at radius 1 is 0.977 bits per heavy atom. The Labute approximate surface area is 265 Å². The molecule has 0 N–H and O–H groups in total.